The fourth-order valence-electron chi connectivity index (χ4n) is 2.47. The molecule has 0 aliphatic heterocycles. The smallest absolute Gasteiger partial charge is 0.227 e. The molecule has 0 atom stereocenters. The Labute approximate surface area is 124 Å². The predicted octanol–water partition coefficient (Wildman–Crippen LogP) is 3.56. The molecule has 1 aliphatic carbocycles. The van der Waals surface area contributed by atoms with Crippen molar-refractivity contribution in [3.05, 3.63) is 71.5 Å². The topological polar surface area (TPSA) is 20.3 Å². The van der Waals surface area contributed by atoms with E-state index in [4.69, 9.17) is 0 Å². The Balaban J connectivity index is 1.69. The molecule has 1 fully saturated rings. The minimum absolute atomic E-state index is 0.118. The van der Waals surface area contributed by atoms with E-state index in [1.54, 1.807) is 12.1 Å². The molecule has 1 saturated carbocycles. The van der Waals surface area contributed by atoms with Crippen molar-refractivity contribution in [2.75, 3.05) is 0 Å². The molecular formula is C18H18FNO. The fourth-order valence-corrected chi connectivity index (χ4v) is 2.47. The van der Waals surface area contributed by atoms with Gasteiger partial charge in [-0.25, -0.2) is 4.39 Å². The van der Waals surface area contributed by atoms with E-state index in [9.17, 15) is 9.18 Å². The summed E-state index contributed by atoms with van der Waals surface area (Å²) in [6.45, 7) is 0.658. The molecule has 0 N–H and O–H groups in total. The van der Waals surface area contributed by atoms with E-state index in [2.05, 4.69) is 0 Å². The number of hydrogen-bond donors (Lipinski definition) is 0. The highest BCUT2D eigenvalue weighted by Gasteiger charge is 2.32. The second kappa shape index (κ2) is 6.08. The first-order chi connectivity index (χ1) is 10.2. The van der Waals surface area contributed by atoms with Gasteiger partial charge in [0.15, 0.2) is 0 Å². The number of benzene rings is 2. The van der Waals surface area contributed by atoms with Crippen molar-refractivity contribution >= 4 is 5.91 Å². The number of halogens is 1. The lowest BCUT2D eigenvalue weighted by molar-refractivity contribution is -0.131. The van der Waals surface area contributed by atoms with Crippen molar-refractivity contribution in [3.8, 4) is 0 Å². The Morgan fingerprint density at radius 1 is 1.00 bits per heavy atom. The summed E-state index contributed by atoms with van der Waals surface area (Å²) >= 11 is 0. The van der Waals surface area contributed by atoms with Gasteiger partial charge in [-0.3, -0.25) is 4.79 Å². The van der Waals surface area contributed by atoms with Crippen molar-refractivity contribution in [2.45, 2.75) is 31.8 Å². The second-order valence-electron chi connectivity index (χ2n) is 5.54. The minimum Gasteiger partial charge on any atom is -0.335 e. The van der Waals surface area contributed by atoms with Crippen LogP contribution in [0.15, 0.2) is 54.6 Å². The molecule has 1 aliphatic rings. The molecular weight excluding hydrogens is 265 g/mol. The highest BCUT2D eigenvalue weighted by atomic mass is 19.1. The summed E-state index contributed by atoms with van der Waals surface area (Å²) in [6, 6.07) is 16.6. The Hall–Kier alpha value is -2.16. The molecule has 0 spiro atoms. The van der Waals surface area contributed by atoms with Crippen molar-refractivity contribution in [2.24, 2.45) is 0 Å². The summed E-state index contributed by atoms with van der Waals surface area (Å²) in [6.07, 6.45) is 2.51. The van der Waals surface area contributed by atoms with E-state index in [0.29, 0.717) is 19.0 Å². The van der Waals surface area contributed by atoms with Gasteiger partial charge in [0.2, 0.25) is 5.91 Å². The SMILES string of the molecule is O=C(Cc1ccc(F)cc1)N(Cc1ccccc1)C1CC1. The van der Waals surface area contributed by atoms with Crippen LogP contribution in [0.3, 0.4) is 0 Å². The standard InChI is InChI=1S/C18H18FNO/c19-16-8-6-14(7-9-16)12-18(21)20(17-10-11-17)13-15-4-2-1-3-5-15/h1-9,17H,10-13H2. The number of carbonyl (C=O) groups is 1. The molecule has 3 heteroatoms. The largest absolute Gasteiger partial charge is 0.335 e. The zero-order valence-corrected chi connectivity index (χ0v) is 11.8. The third-order valence-corrected chi connectivity index (χ3v) is 3.77. The molecule has 1 amide bonds. The summed E-state index contributed by atoms with van der Waals surface area (Å²) < 4.78 is 12.9. The molecule has 0 bridgehead atoms. The number of rotatable bonds is 5. The zero-order valence-electron chi connectivity index (χ0n) is 11.8. The first-order valence-corrected chi connectivity index (χ1v) is 7.30. The van der Waals surface area contributed by atoms with Crippen molar-refractivity contribution in [3.63, 3.8) is 0 Å². The number of carbonyl (C=O) groups excluding carboxylic acids is 1. The maximum absolute atomic E-state index is 12.9. The van der Waals surface area contributed by atoms with Crippen LogP contribution in [0.5, 0.6) is 0 Å². The quantitative estimate of drug-likeness (QED) is 0.821. The number of amides is 1. The molecule has 3 rings (SSSR count). The van der Waals surface area contributed by atoms with E-state index in [0.717, 1.165) is 24.0 Å². The van der Waals surface area contributed by atoms with Gasteiger partial charge in [-0.15, -0.1) is 0 Å². The van der Waals surface area contributed by atoms with Gasteiger partial charge in [0.1, 0.15) is 5.82 Å². The van der Waals surface area contributed by atoms with E-state index < -0.39 is 0 Å². The summed E-state index contributed by atoms with van der Waals surface area (Å²) in [7, 11) is 0. The van der Waals surface area contributed by atoms with Gasteiger partial charge in [0.05, 0.1) is 6.42 Å². The molecule has 0 heterocycles. The van der Waals surface area contributed by atoms with Gasteiger partial charge in [0.25, 0.3) is 0 Å². The van der Waals surface area contributed by atoms with Crippen LogP contribution >= 0.6 is 0 Å². The van der Waals surface area contributed by atoms with Crippen LogP contribution in [-0.4, -0.2) is 16.8 Å². The van der Waals surface area contributed by atoms with Gasteiger partial charge in [-0.05, 0) is 36.1 Å². The van der Waals surface area contributed by atoms with E-state index in [1.165, 1.54) is 12.1 Å². The van der Waals surface area contributed by atoms with Gasteiger partial charge in [0, 0.05) is 12.6 Å². The van der Waals surface area contributed by atoms with Crippen LogP contribution < -0.4 is 0 Å². The van der Waals surface area contributed by atoms with Crippen LogP contribution in [0, 0.1) is 5.82 Å². The number of hydrogen-bond acceptors (Lipinski definition) is 1. The molecule has 0 unspecified atom stereocenters. The molecule has 0 radical (unpaired) electrons. The van der Waals surface area contributed by atoms with Crippen LogP contribution in [0.1, 0.15) is 24.0 Å². The Morgan fingerprint density at radius 2 is 1.67 bits per heavy atom. The van der Waals surface area contributed by atoms with Crippen molar-refractivity contribution in [1.29, 1.82) is 0 Å². The summed E-state index contributed by atoms with van der Waals surface area (Å²) in [4.78, 5) is 14.5. The minimum atomic E-state index is -0.269. The van der Waals surface area contributed by atoms with Gasteiger partial charge in [-0.2, -0.15) is 0 Å². The summed E-state index contributed by atoms with van der Waals surface area (Å²) in [5.41, 5.74) is 2.01. The molecule has 2 aromatic carbocycles. The van der Waals surface area contributed by atoms with Crippen LogP contribution in [0.4, 0.5) is 4.39 Å². The van der Waals surface area contributed by atoms with E-state index in [1.807, 2.05) is 35.2 Å². The van der Waals surface area contributed by atoms with Gasteiger partial charge >= 0.3 is 0 Å². The second-order valence-corrected chi connectivity index (χ2v) is 5.54. The zero-order chi connectivity index (χ0) is 14.7. The molecule has 2 aromatic rings. The van der Waals surface area contributed by atoms with Gasteiger partial charge in [-0.1, -0.05) is 42.5 Å². The predicted molar refractivity (Wildman–Crippen MR) is 80.1 cm³/mol. The first kappa shape index (κ1) is 13.8. The molecule has 2 nitrogen and oxygen atoms in total. The maximum atomic E-state index is 12.9. The normalized spacial score (nSPS) is 14.0. The van der Waals surface area contributed by atoms with Crippen LogP contribution in [0.2, 0.25) is 0 Å². The summed E-state index contributed by atoms with van der Waals surface area (Å²) in [5, 5.41) is 0. The Bertz CT molecular complexity index is 605. The average Bonchev–Trinajstić information content (AvgIpc) is 3.33. The molecule has 108 valence electrons. The first-order valence-electron chi connectivity index (χ1n) is 7.30. The van der Waals surface area contributed by atoms with Crippen LogP contribution in [-0.2, 0) is 17.8 Å². The molecule has 21 heavy (non-hydrogen) atoms. The Kier molecular flexibility index (Phi) is 4.00. The fraction of sp³-hybridized carbons (Fsp3) is 0.278. The molecule has 0 saturated heterocycles. The van der Waals surface area contributed by atoms with E-state index >= 15 is 0 Å². The third-order valence-electron chi connectivity index (χ3n) is 3.77. The lowest BCUT2D eigenvalue weighted by Gasteiger charge is -2.22. The monoisotopic (exact) mass is 283 g/mol. The van der Waals surface area contributed by atoms with E-state index in [-0.39, 0.29) is 11.7 Å². The average molecular weight is 283 g/mol. The number of nitrogens with zero attached hydrogens (tertiary/aromatic N) is 1. The highest BCUT2D eigenvalue weighted by molar-refractivity contribution is 5.79. The van der Waals surface area contributed by atoms with Crippen molar-refractivity contribution in [1.82, 2.24) is 4.90 Å². The third kappa shape index (κ3) is 3.69. The van der Waals surface area contributed by atoms with Gasteiger partial charge < -0.3 is 4.90 Å². The highest BCUT2D eigenvalue weighted by Crippen LogP contribution is 2.29. The van der Waals surface area contributed by atoms with Crippen molar-refractivity contribution < 1.29 is 9.18 Å². The Morgan fingerprint density at radius 3 is 2.29 bits per heavy atom. The van der Waals surface area contributed by atoms with Crippen LogP contribution in [0.25, 0.3) is 0 Å². The maximum Gasteiger partial charge on any atom is 0.227 e. The lowest BCUT2D eigenvalue weighted by atomic mass is 10.1. The lowest BCUT2D eigenvalue weighted by Crippen LogP contribution is -2.33. The molecule has 0 aromatic heterocycles. The summed E-state index contributed by atoms with van der Waals surface area (Å²) in [5.74, 6) is -0.150.